The lowest BCUT2D eigenvalue weighted by Crippen LogP contribution is -2.34. The average molecular weight is 260 g/mol. The van der Waals surface area contributed by atoms with Crippen LogP contribution in [-0.2, 0) is 11.3 Å². The van der Waals surface area contributed by atoms with E-state index in [1.165, 1.54) is 4.57 Å². The first-order valence-electron chi connectivity index (χ1n) is 5.14. The zero-order valence-corrected chi connectivity index (χ0v) is 10.4. The highest BCUT2D eigenvalue weighted by Crippen LogP contribution is 2.05. The van der Waals surface area contributed by atoms with Crippen molar-refractivity contribution in [3.05, 3.63) is 26.9 Å². The second kappa shape index (κ2) is 5.67. The van der Waals surface area contributed by atoms with E-state index in [2.05, 4.69) is 10.3 Å². The molecule has 0 radical (unpaired) electrons. The molecule has 1 rings (SSSR count). The van der Waals surface area contributed by atoms with Gasteiger partial charge in [-0.1, -0.05) is 13.8 Å². The van der Waals surface area contributed by atoms with Crippen molar-refractivity contribution in [1.29, 1.82) is 0 Å². The Morgan fingerprint density at radius 3 is 2.71 bits per heavy atom. The van der Waals surface area contributed by atoms with Crippen molar-refractivity contribution in [3.8, 4) is 0 Å². The van der Waals surface area contributed by atoms with Crippen LogP contribution < -0.4 is 16.6 Å². The molecule has 1 aromatic heterocycles. The SMILES string of the molecule is CC(C)Cn1c(NC(=O)CCl)cc(=O)[nH]c1=O. The van der Waals surface area contributed by atoms with E-state index in [4.69, 9.17) is 11.6 Å². The molecule has 1 heterocycles. The molecule has 1 aromatic rings. The molecule has 2 N–H and O–H groups in total. The number of aromatic nitrogens is 2. The van der Waals surface area contributed by atoms with E-state index in [1.54, 1.807) is 0 Å². The minimum absolute atomic E-state index is 0.165. The molecule has 0 aliphatic heterocycles. The Labute approximate surface area is 103 Å². The summed E-state index contributed by atoms with van der Waals surface area (Å²) >= 11 is 5.35. The minimum atomic E-state index is -0.556. The Balaban J connectivity index is 3.20. The molecule has 0 aromatic carbocycles. The summed E-state index contributed by atoms with van der Waals surface area (Å²) in [5.74, 6) is -0.333. The summed E-state index contributed by atoms with van der Waals surface area (Å²) in [6.45, 7) is 4.24. The van der Waals surface area contributed by atoms with Gasteiger partial charge in [-0.05, 0) is 5.92 Å². The first-order chi connectivity index (χ1) is 7.93. The number of amides is 1. The lowest BCUT2D eigenvalue weighted by Gasteiger charge is -2.13. The van der Waals surface area contributed by atoms with Gasteiger partial charge < -0.3 is 5.32 Å². The summed E-state index contributed by atoms with van der Waals surface area (Å²) in [5, 5.41) is 2.42. The Hall–Kier alpha value is -1.56. The molecule has 0 fully saturated rings. The number of hydrogen-bond donors (Lipinski definition) is 2. The van der Waals surface area contributed by atoms with Gasteiger partial charge in [0.1, 0.15) is 11.7 Å². The molecular formula is C10H14ClN3O3. The number of carbonyl (C=O) groups is 1. The predicted octanol–water partition coefficient (Wildman–Crippen LogP) is 0.370. The normalized spacial score (nSPS) is 10.6. The molecule has 0 aliphatic rings. The van der Waals surface area contributed by atoms with E-state index < -0.39 is 17.2 Å². The number of anilines is 1. The van der Waals surface area contributed by atoms with Gasteiger partial charge in [-0.15, -0.1) is 11.6 Å². The number of carbonyl (C=O) groups excluding carboxylic acids is 1. The second-order valence-electron chi connectivity index (χ2n) is 4.01. The van der Waals surface area contributed by atoms with Crippen molar-refractivity contribution in [3.63, 3.8) is 0 Å². The summed E-state index contributed by atoms with van der Waals surface area (Å²) in [4.78, 5) is 36.1. The van der Waals surface area contributed by atoms with Crippen LogP contribution in [0.3, 0.4) is 0 Å². The number of nitrogens with one attached hydrogen (secondary N) is 2. The molecule has 17 heavy (non-hydrogen) atoms. The number of nitrogens with zero attached hydrogens (tertiary/aromatic N) is 1. The van der Waals surface area contributed by atoms with Gasteiger partial charge in [0.15, 0.2) is 0 Å². The van der Waals surface area contributed by atoms with Crippen molar-refractivity contribution in [1.82, 2.24) is 9.55 Å². The lowest BCUT2D eigenvalue weighted by atomic mass is 10.2. The molecule has 0 saturated heterocycles. The fraction of sp³-hybridized carbons (Fsp3) is 0.500. The third-order valence-electron chi connectivity index (χ3n) is 1.97. The van der Waals surface area contributed by atoms with Crippen molar-refractivity contribution in [2.24, 2.45) is 5.92 Å². The van der Waals surface area contributed by atoms with Gasteiger partial charge in [0.05, 0.1) is 0 Å². The van der Waals surface area contributed by atoms with E-state index in [1.807, 2.05) is 13.8 Å². The summed E-state index contributed by atoms with van der Waals surface area (Å²) < 4.78 is 1.30. The van der Waals surface area contributed by atoms with Crippen LogP contribution in [0.15, 0.2) is 15.7 Å². The van der Waals surface area contributed by atoms with E-state index in [-0.39, 0.29) is 17.6 Å². The summed E-state index contributed by atoms with van der Waals surface area (Å²) in [7, 11) is 0. The maximum atomic E-state index is 11.6. The maximum absolute atomic E-state index is 11.6. The number of halogens is 1. The van der Waals surface area contributed by atoms with Crippen molar-refractivity contribution in [2.45, 2.75) is 20.4 Å². The number of alkyl halides is 1. The topological polar surface area (TPSA) is 84.0 Å². The van der Waals surface area contributed by atoms with Gasteiger partial charge in [0, 0.05) is 12.6 Å². The third-order valence-corrected chi connectivity index (χ3v) is 2.21. The van der Waals surface area contributed by atoms with Gasteiger partial charge in [-0.2, -0.15) is 0 Å². The molecule has 94 valence electrons. The monoisotopic (exact) mass is 259 g/mol. The first kappa shape index (κ1) is 13.5. The first-order valence-corrected chi connectivity index (χ1v) is 5.67. The largest absolute Gasteiger partial charge is 0.329 e. The molecule has 0 atom stereocenters. The highest BCUT2D eigenvalue weighted by molar-refractivity contribution is 6.29. The molecule has 0 unspecified atom stereocenters. The van der Waals surface area contributed by atoms with Gasteiger partial charge in [0.25, 0.3) is 5.56 Å². The van der Waals surface area contributed by atoms with Crippen LogP contribution in [0.4, 0.5) is 5.82 Å². The van der Waals surface area contributed by atoms with Gasteiger partial charge in [-0.3, -0.25) is 19.1 Å². The molecule has 0 spiro atoms. The fourth-order valence-electron chi connectivity index (χ4n) is 1.35. The van der Waals surface area contributed by atoms with E-state index in [0.717, 1.165) is 6.07 Å². The van der Waals surface area contributed by atoms with Crippen molar-refractivity contribution < 1.29 is 4.79 Å². The molecule has 1 amide bonds. The standard InChI is InChI=1S/C10H14ClN3O3/c1-6(2)5-14-7(12-9(16)4-11)3-8(15)13-10(14)17/h3,6H,4-5H2,1-2H3,(H,12,16)(H,13,15,17). The molecule has 0 saturated carbocycles. The zero-order chi connectivity index (χ0) is 13.0. The molecule has 0 aliphatic carbocycles. The fourth-order valence-corrected chi connectivity index (χ4v) is 1.41. The number of aromatic amines is 1. The van der Waals surface area contributed by atoms with Gasteiger partial charge >= 0.3 is 5.69 Å². The minimum Gasteiger partial charge on any atom is -0.311 e. The van der Waals surface area contributed by atoms with Crippen LogP contribution >= 0.6 is 11.6 Å². The number of rotatable bonds is 4. The van der Waals surface area contributed by atoms with Crippen molar-refractivity contribution in [2.75, 3.05) is 11.2 Å². The van der Waals surface area contributed by atoms with Crippen LogP contribution in [0.5, 0.6) is 0 Å². The average Bonchev–Trinajstić information content (AvgIpc) is 2.22. The lowest BCUT2D eigenvalue weighted by molar-refractivity contribution is -0.114. The van der Waals surface area contributed by atoms with Crippen molar-refractivity contribution >= 4 is 23.3 Å². The Kier molecular flexibility index (Phi) is 4.51. The molecular weight excluding hydrogens is 246 g/mol. The van der Waals surface area contributed by atoms with Crippen LogP contribution in [0, 0.1) is 5.92 Å². The highest BCUT2D eigenvalue weighted by atomic mass is 35.5. The third kappa shape index (κ3) is 3.74. The van der Waals surface area contributed by atoms with Crippen LogP contribution in [-0.4, -0.2) is 21.3 Å². The summed E-state index contributed by atoms with van der Waals surface area (Å²) in [6.07, 6.45) is 0. The van der Waals surface area contributed by atoms with E-state index in [0.29, 0.717) is 6.54 Å². The smallest absolute Gasteiger partial charge is 0.311 e. The van der Waals surface area contributed by atoms with Crippen LogP contribution in [0.2, 0.25) is 0 Å². The second-order valence-corrected chi connectivity index (χ2v) is 4.28. The van der Waals surface area contributed by atoms with E-state index in [9.17, 15) is 14.4 Å². The Morgan fingerprint density at radius 1 is 1.53 bits per heavy atom. The van der Waals surface area contributed by atoms with E-state index >= 15 is 0 Å². The quantitative estimate of drug-likeness (QED) is 0.767. The summed E-state index contributed by atoms with van der Waals surface area (Å²) in [5.41, 5.74) is -1.10. The van der Waals surface area contributed by atoms with Gasteiger partial charge in [0.2, 0.25) is 5.91 Å². The number of hydrogen-bond acceptors (Lipinski definition) is 3. The maximum Gasteiger partial charge on any atom is 0.329 e. The molecule has 6 nitrogen and oxygen atoms in total. The molecule has 7 heteroatoms. The molecule has 0 bridgehead atoms. The Morgan fingerprint density at radius 2 is 2.18 bits per heavy atom. The summed E-state index contributed by atoms with van der Waals surface area (Å²) in [6, 6.07) is 1.16. The van der Waals surface area contributed by atoms with Gasteiger partial charge in [-0.25, -0.2) is 4.79 Å². The zero-order valence-electron chi connectivity index (χ0n) is 9.62. The Bertz CT molecular complexity index is 518. The highest BCUT2D eigenvalue weighted by Gasteiger charge is 2.10. The number of H-pyrrole nitrogens is 1. The van der Waals surface area contributed by atoms with Crippen LogP contribution in [0.25, 0.3) is 0 Å². The predicted molar refractivity (Wildman–Crippen MR) is 65.5 cm³/mol. The van der Waals surface area contributed by atoms with Crippen LogP contribution in [0.1, 0.15) is 13.8 Å².